The quantitative estimate of drug-likeness (QED) is 0.516. The zero-order valence-corrected chi connectivity index (χ0v) is 16.7. The van der Waals surface area contributed by atoms with Gasteiger partial charge in [0, 0.05) is 16.8 Å². The first kappa shape index (κ1) is 18.2. The van der Waals surface area contributed by atoms with Crippen molar-refractivity contribution in [1.82, 2.24) is 4.98 Å². The largest absolute Gasteiger partial charge is 0.486 e. The number of hydrogen-bond acceptors (Lipinski definition) is 5. The molecule has 0 atom stereocenters. The number of rotatable bonds is 3. The molecule has 0 bridgehead atoms. The molecule has 3 aromatic carbocycles. The number of carbonyl (C=O) groups is 1. The predicted molar refractivity (Wildman–Crippen MR) is 114 cm³/mol. The summed E-state index contributed by atoms with van der Waals surface area (Å²) in [4.78, 5) is 17.2. The van der Waals surface area contributed by atoms with E-state index in [9.17, 15) is 4.79 Å². The second kappa shape index (κ2) is 7.22. The first-order chi connectivity index (χ1) is 14.6. The fourth-order valence-corrected chi connectivity index (χ4v) is 3.39. The van der Waals surface area contributed by atoms with Gasteiger partial charge < -0.3 is 19.2 Å². The number of amides is 1. The van der Waals surface area contributed by atoms with Gasteiger partial charge in [0.2, 0.25) is 5.89 Å². The number of nitrogens with zero attached hydrogens (tertiary/aromatic N) is 1. The molecule has 0 aliphatic carbocycles. The van der Waals surface area contributed by atoms with Crippen LogP contribution in [0.1, 0.15) is 21.5 Å². The summed E-state index contributed by atoms with van der Waals surface area (Å²) in [5.41, 5.74) is 5.99. The molecule has 0 fully saturated rings. The Morgan fingerprint density at radius 2 is 1.63 bits per heavy atom. The van der Waals surface area contributed by atoms with Crippen molar-refractivity contribution in [2.24, 2.45) is 0 Å². The number of aryl methyl sites for hydroxylation is 2. The summed E-state index contributed by atoms with van der Waals surface area (Å²) in [6, 6.07) is 16.6. The molecule has 30 heavy (non-hydrogen) atoms. The van der Waals surface area contributed by atoms with Crippen molar-refractivity contribution in [1.29, 1.82) is 0 Å². The molecule has 1 amide bonds. The number of benzene rings is 3. The summed E-state index contributed by atoms with van der Waals surface area (Å²) < 4.78 is 17.0. The predicted octanol–water partition coefficient (Wildman–Crippen LogP) is 5.14. The Balaban J connectivity index is 1.34. The van der Waals surface area contributed by atoms with E-state index in [1.807, 2.05) is 36.4 Å². The number of carbonyl (C=O) groups excluding carboxylic acids is 1. The number of ether oxygens (including phenoxy) is 2. The number of fused-ring (bicyclic) bond motifs is 2. The van der Waals surface area contributed by atoms with Crippen molar-refractivity contribution in [3.63, 3.8) is 0 Å². The average molecular weight is 400 g/mol. The summed E-state index contributed by atoms with van der Waals surface area (Å²) in [6.45, 7) is 5.11. The van der Waals surface area contributed by atoms with Gasteiger partial charge in [-0.1, -0.05) is 0 Å². The van der Waals surface area contributed by atoms with E-state index in [2.05, 4.69) is 24.1 Å². The van der Waals surface area contributed by atoms with E-state index in [4.69, 9.17) is 13.9 Å². The van der Waals surface area contributed by atoms with Crippen molar-refractivity contribution in [2.45, 2.75) is 13.8 Å². The van der Waals surface area contributed by atoms with Gasteiger partial charge in [-0.2, -0.15) is 0 Å². The topological polar surface area (TPSA) is 73.6 Å². The lowest BCUT2D eigenvalue weighted by atomic mass is 10.1. The van der Waals surface area contributed by atoms with Crippen molar-refractivity contribution in [3.05, 3.63) is 71.3 Å². The standard InChI is InChI=1S/C24H20N2O4/c1-14-11-19-21(12-15(14)2)30-24(26-19)16-3-6-18(7-4-16)25-23(27)17-5-8-20-22(13-17)29-10-9-28-20/h3-8,11-13H,9-10H2,1-2H3,(H,25,27). The van der Waals surface area contributed by atoms with Crippen LogP contribution in [0.3, 0.4) is 0 Å². The lowest BCUT2D eigenvalue weighted by Crippen LogP contribution is -2.17. The van der Waals surface area contributed by atoms with Gasteiger partial charge in [0.25, 0.3) is 5.91 Å². The van der Waals surface area contributed by atoms with Crippen LogP contribution >= 0.6 is 0 Å². The maximum absolute atomic E-state index is 12.6. The van der Waals surface area contributed by atoms with Crippen LogP contribution in [0.15, 0.2) is 59.0 Å². The monoisotopic (exact) mass is 400 g/mol. The normalized spacial score (nSPS) is 12.7. The molecule has 0 saturated heterocycles. The Morgan fingerprint density at radius 3 is 2.43 bits per heavy atom. The van der Waals surface area contributed by atoms with Crippen molar-refractivity contribution in [3.8, 4) is 23.0 Å². The summed E-state index contributed by atoms with van der Waals surface area (Å²) in [7, 11) is 0. The van der Waals surface area contributed by atoms with E-state index >= 15 is 0 Å². The van der Waals surface area contributed by atoms with E-state index in [-0.39, 0.29) is 5.91 Å². The highest BCUT2D eigenvalue weighted by Gasteiger charge is 2.15. The lowest BCUT2D eigenvalue weighted by molar-refractivity contribution is 0.102. The fourth-order valence-electron chi connectivity index (χ4n) is 3.39. The van der Waals surface area contributed by atoms with Gasteiger partial charge in [-0.3, -0.25) is 4.79 Å². The third-order valence-electron chi connectivity index (χ3n) is 5.20. The molecule has 1 N–H and O–H groups in total. The van der Waals surface area contributed by atoms with Crippen LogP contribution in [0.5, 0.6) is 11.5 Å². The van der Waals surface area contributed by atoms with Crippen LogP contribution in [0.4, 0.5) is 5.69 Å². The number of hydrogen-bond donors (Lipinski definition) is 1. The summed E-state index contributed by atoms with van der Waals surface area (Å²) in [6.07, 6.45) is 0. The van der Waals surface area contributed by atoms with Gasteiger partial charge in [-0.05, 0) is 79.6 Å². The van der Waals surface area contributed by atoms with Crippen molar-refractivity contribution in [2.75, 3.05) is 18.5 Å². The van der Waals surface area contributed by atoms with E-state index in [1.165, 1.54) is 11.1 Å². The van der Waals surface area contributed by atoms with Crippen LogP contribution < -0.4 is 14.8 Å². The van der Waals surface area contributed by atoms with Gasteiger partial charge in [0.1, 0.15) is 18.7 Å². The number of oxazole rings is 1. The van der Waals surface area contributed by atoms with Gasteiger partial charge in [0.15, 0.2) is 17.1 Å². The van der Waals surface area contributed by atoms with E-state index in [0.717, 1.165) is 16.7 Å². The Kier molecular flexibility index (Phi) is 4.39. The molecule has 0 radical (unpaired) electrons. The molecule has 0 spiro atoms. The molecular formula is C24H20N2O4. The van der Waals surface area contributed by atoms with E-state index in [0.29, 0.717) is 41.9 Å². The minimum absolute atomic E-state index is 0.215. The maximum atomic E-state index is 12.6. The first-order valence-corrected chi connectivity index (χ1v) is 9.76. The maximum Gasteiger partial charge on any atom is 0.255 e. The molecule has 4 aromatic rings. The summed E-state index contributed by atoms with van der Waals surface area (Å²) in [5.74, 6) is 1.59. The van der Waals surface area contributed by atoms with Crippen LogP contribution in [-0.2, 0) is 0 Å². The van der Waals surface area contributed by atoms with Gasteiger partial charge in [-0.25, -0.2) is 4.98 Å². The molecule has 6 nitrogen and oxygen atoms in total. The molecule has 6 heteroatoms. The Morgan fingerprint density at radius 1 is 0.900 bits per heavy atom. The zero-order chi connectivity index (χ0) is 20.7. The van der Waals surface area contributed by atoms with Gasteiger partial charge in [0.05, 0.1) is 0 Å². The Hall–Kier alpha value is -3.80. The minimum Gasteiger partial charge on any atom is -0.486 e. The van der Waals surface area contributed by atoms with Crippen molar-refractivity contribution < 1.29 is 18.7 Å². The van der Waals surface area contributed by atoms with Crippen LogP contribution in [0.25, 0.3) is 22.6 Å². The second-order valence-electron chi connectivity index (χ2n) is 7.31. The number of anilines is 1. The Bertz CT molecular complexity index is 1220. The highest BCUT2D eigenvalue weighted by atomic mass is 16.6. The summed E-state index contributed by atoms with van der Waals surface area (Å²) >= 11 is 0. The van der Waals surface area contributed by atoms with Gasteiger partial charge in [-0.15, -0.1) is 0 Å². The lowest BCUT2D eigenvalue weighted by Gasteiger charge is -2.18. The molecule has 1 aliphatic rings. The molecule has 1 aliphatic heterocycles. The fraction of sp³-hybridized carbons (Fsp3) is 0.167. The van der Waals surface area contributed by atoms with Crippen LogP contribution in [0.2, 0.25) is 0 Å². The van der Waals surface area contributed by atoms with E-state index in [1.54, 1.807) is 18.2 Å². The molecule has 0 saturated carbocycles. The van der Waals surface area contributed by atoms with Crippen molar-refractivity contribution >= 4 is 22.7 Å². The van der Waals surface area contributed by atoms with Crippen LogP contribution in [-0.4, -0.2) is 24.1 Å². The zero-order valence-electron chi connectivity index (χ0n) is 16.7. The minimum atomic E-state index is -0.215. The molecule has 0 unspecified atom stereocenters. The average Bonchev–Trinajstić information content (AvgIpc) is 3.16. The third kappa shape index (κ3) is 3.37. The molecule has 5 rings (SSSR count). The highest BCUT2D eigenvalue weighted by molar-refractivity contribution is 6.04. The van der Waals surface area contributed by atoms with Crippen LogP contribution in [0, 0.1) is 13.8 Å². The highest BCUT2D eigenvalue weighted by Crippen LogP contribution is 2.31. The van der Waals surface area contributed by atoms with Gasteiger partial charge >= 0.3 is 0 Å². The Labute approximate surface area is 173 Å². The molecule has 1 aromatic heterocycles. The second-order valence-corrected chi connectivity index (χ2v) is 7.31. The first-order valence-electron chi connectivity index (χ1n) is 9.76. The molecule has 2 heterocycles. The summed E-state index contributed by atoms with van der Waals surface area (Å²) in [5, 5.41) is 2.90. The molecular weight excluding hydrogens is 380 g/mol. The number of nitrogens with one attached hydrogen (secondary N) is 1. The smallest absolute Gasteiger partial charge is 0.255 e. The number of aromatic nitrogens is 1. The SMILES string of the molecule is Cc1cc2nc(-c3ccc(NC(=O)c4ccc5c(c4)OCCO5)cc3)oc2cc1C. The van der Waals surface area contributed by atoms with E-state index < -0.39 is 0 Å². The third-order valence-corrected chi connectivity index (χ3v) is 5.20. The molecule has 150 valence electrons.